The van der Waals surface area contributed by atoms with E-state index in [1.807, 2.05) is 6.92 Å². The molecule has 1 aliphatic rings. The lowest BCUT2D eigenvalue weighted by Crippen LogP contribution is -2.40. The van der Waals surface area contributed by atoms with Crippen molar-refractivity contribution in [2.24, 2.45) is 5.10 Å². The zero-order chi connectivity index (χ0) is 23.0. The number of nitrogens with zero attached hydrogens (tertiary/aromatic N) is 2. The fourth-order valence-electron chi connectivity index (χ4n) is 3.14. The van der Waals surface area contributed by atoms with Gasteiger partial charge in [0.1, 0.15) is 0 Å². The number of morpholine rings is 1. The molecule has 3 rings (SSSR count). The van der Waals surface area contributed by atoms with Gasteiger partial charge in [-0.1, -0.05) is 12.1 Å². The van der Waals surface area contributed by atoms with Gasteiger partial charge >= 0.3 is 0 Å². The number of hydrogen-bond donors (Lipinski definition) is 2. The zero-order valence-corrected chi connectivity index (χ0v) is 18.7. The first-order chi connectivity index (χ1) is 15.4. The molecule has 2 aromatic rings. The first-order valence-electron chi connectivity index (χ1n) is 10.3. The van der Waals surface area contributed by atoms with Crippen molar-refractivity contribution in [3.63, 3.8) is 0 Å². The lowest BCUT2D eigenvalue weighted by atomic mass is 10.1. The van der Waals surface area contributed by atoms with Gasteiger partial charge < -0.3 is 14.6 Å². The quantitative estimate of drug-likeness (QED) is 0.435. The van der Waals surface area contributed by atoms with Crippen molar-refractivity contribution in [1.29, 1.82) is 0 Å². The summed E-state index contributed by atoms with van der Waals surface area (Å²) in [7, 11) is -3.53. The molecule has 0 atom stereocenters. The van der Waals surface area contributed by atoms with E-state index in [1.165, 1.54) is 16.6 Å². The second-order valence-corrected chi connectivity index (χ2v) is 9.05. The Kier molecular flexibility index (Phi) is 8.20. The summed E-state index contributed by atoms with van der Waals surface area (Å²) < 4.78 is 37.2. The predicted octanol–water partition coefficient (Wildman–Crippen LogP) is 1.89. The molecule has 9 nitrogen and oxygen atoms in total. The molecular formula is C22H27N3O6S. The molecule has 1 saturated heterocycles. The number of aryl methyl sites for hydroxylation is 1. The Morgan fingerprint density at radius 1 is 1.22 bits per heavy atom. The van der Waals surface area contributed by atoms with Gasteiger partial charge in [0.15, 0.2) is 11.5 Å². The Balaban J connectivity index is 1.49. The maximum Gasteiger partial charge on any atom is 0.243 e. The molecule has 1 fully saturated rings. The van der Waals surface area contributed by atoms with Crippen LogP contribution in [0.5, 0.6) is 11.5 Å². The summed E-state index contributed by atoms with van der Waals surface area (Å²) in [5, 5.41) is 13.6. The van der Waals surface area contributed by atoms with Gasteiger partial charge in [0.25, 0.3) is 0 Å². The number of rotatable bonds is 9. The molecule has 172 valence electrons. The molecule has 0 aromatic heterocycles. The van der Waals surface area contributed by atoms with Crippen molar-refractivity contribution >= 4 is 22.1 Å². The Hall–Kier alpha value is -2.95. The zero-order valence-electron chi connectivity index (χ0n) is 17.9. The molecule has 10 heteroatoms. The maximum absolute atomic E-state index is 12.6. The lowest BCUT2D eigenvalue weighted by Gasteiger charge is -2.26. The van der Waals surface area contributed by atoms with E-state index in [0.717, 1.165) is 5.56 Å². The van der Waals surface area contributed by atoms with Gasteiger partial charge in [0.2, 0.25) is 15.9 Å². The Morgan fingerprint density at radius 3 is 2.62 bits per heavy atom. The summed E-state index contributed by atoms with van der Waals surface area (Å²) in [5.41, 5.74) is 3.98. The van der Waals surface area contributed by atoms with Crippen LogP contribution >= 0.6 is 0 Å². The lowest BCUT2D eigenvalue weighted by molar-refractivity contribution is -0.121. The molecule has 0 spiro atoms. The number of phenols is 1. The molecule has 32 heavy (non-hydrogen) atoms. The standard InChI is InChI=1S/C22H27N3O6S/c1-2-31-21-15-18(5-9-20(21)26)16-23-24-22(27)10-6-17-3-7-19(8-4-17)32(28,29)25-11-13-30-14-12-25/h3-5,7-9,15-16,26H,2,6,10-14H2,1H3,(H,24,27)/b23-16+. The van der Waals surface area contributed by atoms with E-state index in [0.29, 0.717) is 50.6 Å². The molecule has 0 aliphatic carbocycles. The highest BCUT2D eigenvalue weighted by molar-refractivity contribution is 7.89. The van der Waals surface area contributed by atoms with E-state index in [2.05, 4.69) is 10.5 Å². The molecule has 1 amide bonds. The third kappa shape index (κ3) is 6.28. The van der Waals surface area contributed by atoms with Crippen LogP contribution in [0.4, 0.5) is 0 Å². The largest absolute Gasteiger partial charge is 0.504 e. The van der Waals surface area contributed by atoms with E-state index < -0.39 is 10.0 Å². The smallest absolute Gasteiger partial charge is 0.243 e. The van der Waals surface area contributed by atoms with Crippen LogP contribution in [-0.2, 0) is 26.0 Å². The number of hydrazone groups is 1. The number of phenolic OH excluding ortho intramolecular Hbond substituents is 1. The minimum absolute atomic E-state index is 0.0387. The van der Waals surface area contributed by atoms with Gasteiger partial charge in [0, 0.05) is 19.5 Å². The number of carbonyl (C=O) groups excluding carboxylic acids is 1. The van der Waals surface area contributed by atoms with Crippen molar-refractivity contribution < 1.29 is 27.8 Å². The molecule has 1 aliphatic heterocycles. The molecule has 0 unspecified atom stereocenters. The number of sulfonamides is 1. The van der Waals surface area contributed by atoms with Gasteiger partial charge in [-0.2, -0.15) is 9.41 Å². The first kappa shape index (κ1) is 23.7. The molecule has 2 aromatic carbocycles. The number of aromatic hydroxyl groups is 1. The normalized spacial score (nSPS) is 15.0. The summed E-state index contributed by atoms with van der Waals surface area (Å²) in [6.07, 6.45) is 2.12. The van der Waals surface area contributed by atoms with Crippen molar-refractivity contribution in [3.8, 4) is 11.5 Å². The third-order valence-electron chi connectivity index (χ3n) is 4.86. The third-order valence-corrected chi connectivity index (χ3v) is 6.77. The van der Waals surface area contributed by atoms with Crippen LogP contribution in [0, 0.1) is 0 Å². The Morgan fingerprint density at radius 2 is 1.94 bits per heavy atom. The highest BCUT2D eigenvalue weighted by Crippen LogP contribution is 2.26. The fraction of sp³-hybridized carbons (Fsp3) is 0.364. The monoisotopic (exact) mass is 461 g/mol. The second-order valence-electron chi connectivity index (χ2n) is 7.11. The summed E-state index contributed by atoms with van der Waals surface area (Å²) in [6.45, 7) is 3.73. The van der Waals surface area contributed by atoms with Gasteiger partial charge in [-0.05, 0) is 54.8 Å². The van der Waals surface area contributed by atoms with Crippen molar-refractivity contribution in [2.75, 3.05) is 32.9 Å². The molecule has 0 saturated carbocycles. The topological polar surface area (TPSA) is 118 Å². The van der Waals surface area contributed by atoms with Crippen molar-refractivity contribution in [3.05, 3.63) is 53.6 Å². The number of nitrogens with one attached hydrogen (secondary N) is 1. The van der Waals surface area contributed by atoms with E-state index in [4.69, 9.17) is 9.47 Å². The van der Waals surface area contributed by atoms with Crippen LogP contribution in [-0.4, -0.2) is 62.9 Å². The van der Waals surface area contributed by atoms with Crippen LogP contribution < -0.4 is 10.2 Å². The first-order valence-corrected chi connectivity index (χ1v) is 11.8. The van der Waals surface area contributed by atoms with Crippen LogP contribution in [0.2, 0.25) is 0 Å². The van der Waals surface area contributed by atoms with Crippen molar-refractivity contribution in [2.45, 2.75) is 24.7 Å². The number of benzene rings is 2. The highest BCUT2D eigenvalue weighted by Gasteiger charge is 2.26. The molecule has 0 bridgehead atoms. The highest BCUT2D eigenvalue weighted by atomic mass is 32.2. The van der Waals surface area contributed by atoms with Gasteiger partial charge in [-0.25, -0.2) is 13.8 Å². The second kappa shape index (κ2) is 11.1. The summed E-state index contributed by atoms with van der Waals surface area (Å²) in [5.74, 6) is 0.119. The summed E-state index contributed by atoms with van der Waals surface area (Å²) in [6, 6.07) is 11.3. The minimum Gasteiger partial charge on any atom is -0.504 e. The number of amides is 1. The number of hydrogen-bond acceptors (Lipinski definition) is 7. The van der Waals surface area contributed by atoms with Crippen LogP contribution in [0.1, 0.15) is 24.5 Å². The van der Waals surface area contributed by atoms with Crippen molar-refractivity contribution in [1.82, 2.24) is 9.73 Å². The molecule has 1 heterocycles. The van der Waals surface area contributed by atoms with E-state index >= 15 is 0 Å². The van der Waals surface area contributed by atoms with E-state index in [9.17, 15) is 18.3 Å². The van der Waals surface area contributed by atoms with E-state index in [1.54, 1.807) is 36.4 Å². The molecule has 2 N–H and O–H groups in total. The Labute approximate surface area is 187 Å². The molecule has 0 radical (unpaired) electrons. The van der Waals surface area contributed by atoms with Gasteiger partial charge in [-0.3, -0.25) is 4.79 Å². The number of carbonyl (C=O) groups is 1. The van der Waals surface area contributed by atoms with Gasteiger partial charge in [-0.15, -0.1) is 0 Å². The van der Waals surface area contributed by atoms with Crippen LogP contribution in [0.3, 0.4) is 0 Å². The molecular weight excluding hydrogens is 434 g/mol. The van der Waals surface area contributed by atoms with E-state index in [-0.39, 0.29) is 23.0 Å². The fourth-order valence-corrected chi connectivity index (χ4v) is 4.55. The average molecular weight is 462 g/mol. The van der Waals surface area contributed by atoms with Crippen LogP contribution in [0.15, 0.2) is 52.5 Å². The predicted molar refractivity (Wildman–Crippen MR) is 119 cm³/mol. The van der Waals surface area contributed by atoms with Gasteiger partial charge in [0.05, 0.1) is 30.9 Å². The number of ether oxygens (including phenoxy) is 2. The summed E-state index contributed by atoms with van der Waals surface area (Å²) >= 11 is 0. The SMILES string of the molecule is CCOc1cc(/C=N/NC(=O)CCc2ccc(S(=O)(=O)N3CCOCC3)cc2)ccc1O. The summed E-state index contributed by atoms with van der Waals surface area (Å²) in [4.78, 5) is 12.3. The average Bonchev–Trinajstić information content (AvgIpc) is 2.81. The maximum atomic E-state index is 12.6. The van der Waals surface area contributed by atoms with Crippen LogP contribution in [0.25, 0.3) is 0 Å². The Bertz CT molecular complexity index is 1050. The minimum atomic E-state index is -3.53.